The third-order valence-electron chi connectivity index (χ3n) is 9.43. The molecule has 3 fully saturated rings. The minimum Gasteiger partial charge on any atom is -0.465 e. The molecule has 0 aromatic heterocycles. The van der Waals surface area contributed by atoms with Gasteiger partial charge in [0.2, 0.25) is 0 Å². The zero-order valence-electron chi connectivity index (χ0n) is 25.4. The van der Waals surface area contributed by atoms with Gasteiger partial charge in [-0.3, -0.25) is 9.59 Å². The number of ether oxygens (including phenoxy) is 5. The van der Waals surface area contributed by atoms with E-state index in [-0.39, 0.29) is 24.0 Å². The van der Waals surface area contributed by atoms with E-state index in [1.54, 1.807) is 74.5 Å². The fraction of sp³-hybridized carbons (Fsp3) is 0.515. The van der Waals surface area contributed by atoms with Crippen molar-refractivity contribution in [1.82, 2.24) is 0 Å². The van der Waals surface area contributed by atoms with Crippen LogP contribution < -0.4 is 0 Å². The molecule has 11 heteroatoms. The van der Waals surface area contributed by atoms with Crippen LogP contribution in [0.2, 0.25) is 0 Å². The van der Waals surface area contributed by atoms with E-state index in [2.05, 4.69) is 0 Å². The Kier molecular flexibility index (Phi) is 8.11. The Hall–Kier alpha value is -3.80. The van der Waals surface area contributed by atoms with Crippen LogP contribution in [-0.4, -0.2) is 81.9 Å². The van der Waals surface area contributed by atoms with Gasteiger partial charge < -0.3 is 33.9 Å². The molecular formula is C33H38O11. The lowest BCUT2D eigenvalue weighted by atomic mass is 9.46. The summed E-state index contributed by atoms with van der Waals surface area (Å²) >= 11 is 0. The predicted molar refractivity (Wildman–Crippen MR) is 153 cm³/mol. The first-order valence-electron chi connectivity index (χ1n) is 14.6. The largest absolute Gasteiger partial charge is 0.465 e. The van der Waals surface area contributed by atoms with E-state index in [1.807, 2.05) is 0 Å². The van der Waals surface area contributed by atoms with E-state index in [1.165, 1.54) is 20.8 Å². The molecule has 1 spiro atoms. The molecule has 2 aromatic rings. The molecule has 1 aliphatic heterocycles. The molecule has 2 saturated carbocycles. The van der Waals surface area contributed by atoms with Gasteiger partial charge in [-0.2, -0.15) is 0 Å². The van der Waals surface area contributed by atoms with Crippen LogP contribution in [0.3, 0.4) is 0 Å². The van der Waals surface area contributed by atoms with Crippen molar-refractivity contribution in [2.24, 2.45) is 11.3 Å². The summed E-state index contributed by atoms with van der Waals surface area (Å²) in [7, 11) is 0. The number of benzene rings is 2. The highest BCUT2D eigenvalue weighted by molar-refractivity contribution is 5.90. The lowest BCUT2D eigenvalue weighted by Crippen LogP contribution is -2.83. The van der Waals surface area contributed by atoms with Crippen LogP contribution >= 0.6 is 0 Å². The monoisotopic (exact) mass is 610 g/mol. The van der Waals surface area contributed by atoms with Gasteiger partial charge in [0.25, 0.3) is 0 Å². The molecule has 236 valence electrons. The summed E-state index contributed by atoms with van der Waals surface area (Å²) in [6, 6.07) is 16.3. The molecule has 1 saturated heterocycles. The van der Waals surface area contributed by atoms with Gasteiger partial charge in [-0.05, 0) is 51.5 Å². The predicted octanol–water partition coefficient (Wildman–Crippen LogP) is 3.00. The Balaban J connectivity index is 1.70. The van der Waals surface area contributed by atoms with Gasteiger partial charge in [0.1, 0.15) is 42.0 Å². The zero-order valence-corrected chi connectivity index (χ0v) is 25.4. The number of hydrogen-bond donors (Lipinski definition) is 2. The fourth-order valence-corrected chi connectivity index (χ4v) is 7.62. The maximum Gasteiger partial charge on any atom is 0.338 e. The minimum atomic E-state index is -1.99. The van der Waals surface area contributed by atoms with Crippen LogP contribution in [0.4, 0.5) is 0 Å². The van der Waals surface area contributed by atoms with E-state index >= 15 is 0 Å². The molecule has 2 aromatic carbocycles. The number of esters is 4. The molecule has 44 heavy (non-hydrogen) atoms. The van der Waals surface area contributed by atoms with Crippen molar-refractivity contribution in [1.29, 1.82) is 0 Å². The molecule has 0 radical (unpaired) electrons. The summed E-state index contributed by atoms with van der Waals surface area (Å²) in [6.07, 6.45) is -5.86. The first-order valence-corrected chi connectivity index (χ1v) is 14.6. The SMILES string of the molecule is CC(=O)OC[C@]12[C@H](OC(=O)c3ccccc3)C[C@H]3[C@@H](OC(C)=O)[C@@]1(OC3(C)C)[C@@](C)(O)C[C@@H](OC(=O)c1ccccc1)[C@@H]2O. The molecule has 1 heterocycles. The summed E-state index contributed by atoms with van der Waals surface area (Å²) in [5.74, 6) is -3.50. The third kappa shape index (κ3) is 4.96. The van der Waals surface area contributed by atoms with Gasteiger partial charge in [-0.15, -0.1) is 0 Å². The molecule has 0 unspecified atom stereocenters. The van der Waals surface area contributed by atoms with Crippen molar-refractivity contribution in [3.63, 3.8) is 0 Å². The molecule has 0 amide bonds. The maximum atomic E-state index is 13.5. The standard InChI is InChI=1S/C33H38O11/c1-19(34)40-18-32-25(43-29(38)22-14-10-7-11-15-22)16-23-27(41-20(2)35)33(32,44-30(23,3)4)31(5,39)17-24(26(32)36)42-28(37)21-12-8-6-9-13-21/h6-15,23-27,36,39H,16-18H2,1-5H3/t23-,24+,25+,26-,27+,31-,32+,33+/m0/s1. The third-order valence-corrected chi connectivity index (χ3v) is 9.43. The van der Waals surface area contributed by atoms with Gasteiger partial charge in [-0.1, -0.05) is 36.4 Å². The molecule has 2 N–H and O–H groups in total. The quantitative estimate of drug-likeness (QED) is 0.351. The van der Waals surface area contributed by atoms with E-state index < -0.39 is 83.0 Å². The summed E-state index contributed by atoms with van der Waals surface area (Å²) in [4.78, 5) is 51.6. The lowest BCUT2D eigenvalue weighted by molar-refractivity contribution is -0.354. The molecule has 11 nitrogen and oxygen atoms in total. The van der Waals surface area contributed by atoms with Crippen LogP contribution in [0.15, 0.2) is 60.7 Å². The number of aliphatic hydroxyl groups is 2. The average Bonchev–Trinajstić information content (AvgIpc) is 3.13. The zero-order chi connectivity index (χ0) is 32.1. The van der Waals surface area contributed by atoms with Crippen molar-refractivity contribution in [3.05, 3.63) is 71.8 Å². The van der Waals surface area contributed by atoms with Gasteiger partial charge >= 0.3 is 23.9 Å². The van der Waals surface area contributed by atoms with Gasteiger partial charge in [0.15, 0.2) is 0 Å². The van der Waals surface area contributed by atoms with E-state index in [0.717, 1.165) is 0 Å². The number of fused-ring (bicyclic) bond motifs is 1. The first kappa shape index (κ1) is 31.6. The van der Waals surface area contributed by atoms with Crippen molar-refractivity contribution < 1.29 is 53.1 Å². The second-order valence-corrected chi connectivity index (χ2v) is 12.6. The summed E-state index contributed by atoms with van der Waals surface area (Å²) < 4.78 is 30.2. The van der Waals surface area contributed by atoms with E-state index in [4.69, 9.17) is 23.7 Å². The Bertz CT molecular complexity index is 1420. The van der Waals surface area contributed by atoms with Crippen molar-refractivity contribution in [3.8, 4) is 0 Å². The Morgan fingerprint density at radius 2 is 1.39 bits per heavy atom. The second kappa shape index (κ2) is 11.3. The molecule has 8 atom stereocenters. The first-order chi connectivity index (χ1) is 20.7. The highest BCUT2D eigenvalue weighted by atomic mass is 16.6. The van der Waals surface area contributed by atoms with Crippen LogP contribution in [0.1, 0.15) is 68.2 Å². The molecule has 3 aliphatic rings. The molecule has 5 rings (SSSR count). The number of rotatable bonds is 7. The molecular weight excluding hydrogens is 572 g/mol. The number of hydrogen-bond acceptors (Lipinski definition) is 11. The highest BCUT2D eigenvalue weighted by Gasteiger charge is 2.85. The normalized spacial score (nSPS) is 35.1. The highest BCUT2D eigenvalue weighted by Crippen LogP contribution is 2.68. The smallest absolute Gasteiger partial charge is 0.338 e. The van der Waals surface area contributed by atoms with Crippen molar-refractivity contribution >= 4 is 23.9 Å². The average molecular weight is 611 g/mol. The van der Waals surface area contributed by atoms with Crippen molar-refractivity contribution in [2.75, 3.05) is 6.61 Å². The molecule has 2 bridgehead atoms. The maximum absolute atomic E-state index is 13.5. The van der Waals surface area contributed by atoms with E-state index in [9.17, 15) is 29.4 Å². The van der Waals surface area contributed by atoms with E-state index in [0.29, 0.717) is 0 Å². The summed E-state index contributed by atoms with van der Waals surface area (Å²) in [5, 5.41) is 24.8. The minimum absolute atomic E-state index is 0.000966. The lowest BCUT2D eigenvalue weighted by Gasteiger charge is -2.65. The van der Waals surface area contributed by atoms with Gasteiger partial charge in [0.05, 0.1) is 22.3 Å². The van der Waals surface area contributed by atoms with Gasteiger partial charge in [-0.25, -0.2) is 9.59 Å². The van der Waals surface area contributed by atoms with Crippen molar-refractivity contribution in [2.45, 2.75) is 88.7 Å². The molecule has 2 aliphatic carbocycles. The summed E-state index contributed by atoms with van der Waals surface area (Å²) in [6.45, 7) is 6.71. The van der Waals surface area contributed by atoms with Gasteiger partial charge in [0, 0.05) is 26.2 Å². The summed E-state index contributed by atoms with van der Waals surface area (Å²) in [5.41, 5.74) is -6.59. The Morgan fingerprint density at radius 3 is 1.91 bits per heavy atom. The topological polar surface area (TPSA) is 155 Å². The van der Waals surface area contributed by atoms with Crippen LogP contribution in [0, 0.1) is 11.3 Å². The number of carbonyl (C=O) groups excluding carboxylic acids is 4. The number of aliphatic hydroxyl groups excluding tert-OH is 1. The van der Waals surface area contributed by atoms with Crippen LogP contribution in [0.25, 0.3) is 0 Å². The number of carbonyl (C=O) groups is 4. The van der Waals surface area contributed by atoms with Crippen LogP contribution in [0.5, 0.6) is 0 Å². The Labute approximate surface area is 255 Å². The second-order valence-electron chi connectivity index (χ2n) is 12.6. The Morgan fingerprint density at radius 1 is 0.841 bits per heavy atom. The fourth-order valence-electron chi connectivity index (χ4n) is 7.62. The van der Waals surface area contributed by atoms with Crippen LogP contribution in [-0.2, 0) is 33.3 Å².